The molecule has 1 aromatic rings. The van der Waals surface area contributed by atoms with E-state index < -0.39 is 10.0 Å². The first kappa shape index (κ1) is 18.1. The van der Waals surface area contributed by atoms with Gasteiger partial charge in [-0.3, -0.25) is 0 Å². The quantitative estimate of drug-likeness (QED) is 0.813. The summed E-state index contributed by atoms with van der Waals surface area (Å²) in [5, 5.41) is 0. The number of hydrogen-bond donors (Lipinski definition) is 2. The maximum atomic E-state index is 12.4. The zero-order valence-electron chi connectivity index (χ0n) is 13.7. The molecule has 0 aliphatic carbocycles. The summed E-state index contributed by atoms with van der Waals surface area (Å²) in [5.41, 5.74) is 7.49. The largest absolute Gasteiger partial charge is 0.326 e. The summed E-state index contributed by atoms with van der Waals surface area (Å²) in [5.74, 6) is 1.20. The van der Waals surface area contributed by atoms with Crippen molar-refractivity contribution in [2.75, 3.05) is 6.54 Å². The van der Waals surface area contributed by atoms with Crippen LogP contribution in [0.4, 0.5) is 0 Å². The summed E-state index contributed by atoms with van der Waals surface area (Å²) >= 11 is 0. The standard InChI is InChI=1S/C16H28N2O2S/c1-11(2)16(12(3)4)10-18-21(19,20)15-7-6-14(9-17)13(5)8-15/h6-8,11-12,16,18H,9-10,17H2,1-5H3. The molecule has 1 aromatic carbocycles. The smallest absolute Gasteiger partial charge is 0.240 e. The molecule has 0 heterocycles. The van der Waals surface area contributed by atoms with Crippen LogP contribution in [0.2, 0.25) is 0 Å². The molecule has 0 saturated heterocycles. The number of nitrogens with two attached hydrogens (primary N) is 1. The highest BCUT2D eigenvalue weighted by atomic mass is 32.2. The monoisotopic (exact) mass is 312 g/mol. The van der Waals surface area contributed by atoms with Gasteiger partial charge in [-0.2, -0.15) is 0 Å². The summed E-state index contributed by atoms with van der Waals surface area (Å²) in [4.78, 5) is 0.309. The zero-order chi connectivity index (χ0) is 16.2. The number of nitrogens with one attached hydrogen (secondary N) is 1. The van der Waals surface area contributed by atoms with E-state index in [1.807, 2.05) is 6.92 Å². The van der Waals surface area contributed by atoms with Crippen molar-refractivity contribution in [2.45, 2.75) is 46.1 Å². The molecule has 0 unspecified atom stereocenters. The van der Waals surface area contributed by atoms with Crippen molar-refractivity contribution in [1.29, 1.82) is 0 Å². The number of benzene rings is 1. The third-order valence-electron chi connectivity index (χ3n) is 4.07. The fraction of sp³-hybridized carbons (Fsp3) is 0.625. The van der Waals surface area contributed by atoms with E-state index in [1.54, 1.807) is 18.2 Å². The Balaban J connectivity index is 2.89. The minimum absolute atomic E-state index is 0.309. The van der Waals surface area contributed by atoms with Gasteiger partial charge in [0.25, 0.3) is 0 Å². The van der Waals surface area contributed by atoms with E-state index in [2.05, 4.69) is 32.4 Å². The van der Waals surface area contributed by atoms with E-state index in [0.717, 1.165) is 11.1 Å². The van der Waals surface area contributed by atoms with Gasteiger partial charge in [-0.1, -0.05) is 33.8 Å². The van der Waals surface area contributed by atoms with Crippen LogP contribution < -0.4 is 10.5 Å². The summed E-state index contributed by atoms with van der Waals surface area (Å²) in [6, 6.07) is 5.09. The first-order chi connectivity index (χ1) is 9.69. The Morgan fingerprint density at radius 3 is 2.14 bits per heavy atom. The first-order valence-electron chi connectivity index (χ1n) is 7.48. The molecule has 0 spiro atoms. The predicted octanol–water partition coefficient (Wildman–Crippen LogP) is 2.66. The van der Waals surface area contributed by atoms with Crippen LogP contribution in [0, 0.1) is 24.7 Å². The van der Waals surface area contributed by atoms with Crippen molar-refractivity contribution in [3.8, 4) is 0 Å². The van der Waals surface area contributed by atoms with Gasteiger partial charge < -0.3 is 5.73 Å². The fourth-order valence-electron chi connectivity index (χ4n) is 2.60. The minimum atomic E-state index is -3.46. The lowest BCUT2D eigenvalue weighted by Gasteiger charge is -2.25. The molecule has 0 amide bonds. The normalized spacial score (nSPS) is 12.6. The second kappa shape index (κ2) is 7.38. The Bertz CT molecular complexity index is 558. The minimum Gasteiger partial charge on any atom is -0.326 e. The average molecular weight is 312 g/mol. The molecule has 0 radical (unpaired) electrons. The predicted molar refractivity (Wildman–Crippen MR) is 87.4 cm³/mol. The second-order valence-electron chi connectivity index (χ2n) is 6.30. The van der Waals surface area contributed by atoms with Crippen LogP contribution in [0.1, 0.15) is 38.8 Å². The van der Waals surface area contributed by atoms with Crippen molar-refractivity contribution in [1.82, 2.24) is 4.72 Å². The summed E-state index contributed by atoms with van der Waals surface area (Å²) < 4.78 is 27.5. The van der Waals surface area contributed by atoms with E-state index in [9.17, 15) is 8.42 Å². The van der Waals surface area contributed by atoms with Gasteiger partial charge in [0.2, 0.25) is 10.0 Å². The molecule has 0 saturated carbocycles. The summed E-state index contributed by atoms with van der Waals surface area (Å²) in [6.45, 7) is 11.3. The average Bonchev–Trinajstić information content (AvgIpc) is 2.37. The lowest BCUT2D eigenvalue weighted by molar-refractivity contribution is 0.289. The lowest BCUT2D eigenvalue weighted by Crippen LogP contribution is -2.34. The molecule has 0 fully saturated rings. The number of aryl methyl sites for hydroxylation is 1. The van der Waals surface area contributed by atoms with Gasteiger partial charge >= 0.3 is 0 Å². The van der Waals surface area contributed by atoms with Crippen molar-refractivity contribution < 1.29 is 8.42 Å². The van der Waals surface area contributed by atoms with E-state index >= 15 is 0 Å². The van der Waals surface area contributed by atoms with E-state index in [1.165, 1.54) is 0 Å². The molecule has 120 valence electrons. The third kappa shape index (κ3) is 4.80. The molecule has 0 aliphatic heterocycles. The van der Waals surface area contributed by atoms with Crippen molar-refractivity contribution in [3.63, 3.8) is 0 Å². The molecule has 0 aromatic heterocycles. The second-order valence-corrected chi connectivity index (χ2v) is 8.06. The summed E-state index contributed by atoms with van der Waals surface area (Å²) in [6.07, 6.45) is 0. The molecule has 3 N–H and O–H groups in total. The Morgan fingerprint density at radius 2 is 1.71 bits per heavy atom. The topological polar surface area (TPSA) is 72.2 Å². The van der Waals surface area contributed by atoms with Crippen LogP contribution in [0.5, 0.6) is 0 Å². The van der Waals surface area contributed by atoms with E-state index in [-0.39, 0.29) is 0 Å². The maximum absolute atomic E-state index is 12.4. The van der Waals surface area contributed by atoms with Crippen LogP contribution in [0.25, 0.3) is 0 Å². The first-order valence-corrected chi connectivity index (χ1v) is 8.96. The van der Waals surface area contributed by atoms with Gasteiger partial charge in [0.1, 0.15) is 0 Å². The molecule has 0 atom stereocenters. The van der Waals surface area contributed by atoms with Gasteiger partial charge in [-0.25, -0.2) is 13.1 Å². The SMILES string of the molecule is Cc1cc(S(=O)(=O)NCC(C(C)C)C(C)C)ccc1CN. The molecule has 1 rings (SSSR count). The van der Waals surface area contributed by atoms with Gasteiger partial charge in [-0.05, 0) is 47.9 Å². The van der Waals surface area contributed by atoms with Crippen LogP contribution in [-0.4, -0.2) is 15.0 Å². The molecule has 4 nitrogen and oxygen atoms in total. The van der Waals surface area contributed by atoms with E-state index in [0.29, 0.717) is 35.7 Å². The van der Waals surface area contributed by atoms with Crippen LogP contribution in [-0.2, 0) is 16.6 Å². The molecule has 21 heavy (non-hydrogen) atoms. The highest BCUT2D eigenvalue weighted by Gasteiger charge is 2.21. The number of rotatable bonds is 7. The molecule has 0 bridgehead atoms. The van der Waals surface area contributed by atoms with Crippen molar-refractivity contribution >= 4 is 10.0 Å². The summed E-state index contributed by atoms with van der Waals surface area (Å²) in [7, 11) is -3.46. The van der Waals surface area contributed by atoms with Gasteiger partial charge in [0.15, 0.2) is 0 Å². The zero-order valence-corrected chi connectivity index (χ0v) is 14.5. The molecule has 5 heteroatoms. The van der Waals surface area contributed by atoms with Crippen LogP contribution >= 0.6 is 0 Å². The molecule has 0 aliphatic rings. The van der Waals surface area contributed by atoms with Gasteiger partial charge in [0, 0.05) is 13.1 Å². The highest BCUT2D eigenvalue weighted by molar-refractivity contribution is 7.89. The highest BCUT2D eigenvalue weighted by Crippen LogP contribution is 2.21. The number of hydrogen-bond acceptors (Lipinski definition) is 3. The lowest BCUT2D eigenvalue weighted by atomic mass is 9.86. The Hall–Kier alpha value is -0.910. The Labute approximate surface area is 129 Å². The maximum Gasteiger partial charge on any atom is 0.240 e. The van der Waals surface area contributed by atoms with Crippen LogP contribution in [0.3, 0.4) is 0 Å². The number of sulfonamides is 1. The van der Waals surface area contributed by atoms with Crippen molar-refractivity contribution in [2.24, 2.45) is 23.5 Å². The Morgan fingerprint density at radius 1 is 1.14 bits per heavy atom. The van der Waals surface area contributed by atoms with Gasteiger partial charge in [0.05, 0.1) is 4.90 Å². The van der Waals surface area contributed by atoms with Gasteiger partial charge in [-0.15, -0.1) is 0 Å². The molecular formula is C16H28N2O2S. The fourth-order valence-corrected chi connectivity index (χ4v) is 3.75. The van der Waals surface area contributed by atoms with E-state index in [4.69, 9.17) is 5.73 Å². The third-order valence-corrected chi connectivity index (χ3v) is 5.49. The molecular weight excluding hydrogens is 284 g/mol. The van der Waals surface area contributed by atoms with Crippen LogP contribution in [0.15, 0.2) is 23.1 Å². The Kier molecular flexibility index (Phi) is 6.38. The van der Waals surface area contributed by atoms with Crippen molar-refractivity contribution in [3.05, 3.63) is 29.3 Å².